The second-order valence-corrected chi connectivity index (χ2v) is 10.1. The van der Waals surface area contributed by atoms with Crippen molar-refractivity contribution in [1.29, 1.82) is 0 Å². The molecule has 1 heterocycles. The molecule has 184 valence electrons. The van der Waals surface area contributed by atoms with Gasteiger partial charge in [-0.2, -0.15) is 17.9 Å². The summed E-state index contributed by atoms with van der Waals surface area (Å²) in [7, 11) is -4.55. The summed E-state index contributed by atoms with van der Waals surface area (Å²) in [6.45, 7) is 5.52. The van der Waals surface area contributed by atoms with E-state index in [9.17, 15) is 26.4 Å². The maximum absolute atomic E-state index is 14.1. The molecule has 6 nitrogen and oxygen atoms in total. The van der Waals surface area contributed by atoms with Crippen LogP contribution in [0.15, 0.2) is 41.3 Å². The molecule has 0 saturated carbocycles. The van der Waals surface area contributed by atoms with Crippen molar-refractivity contribution in [2.75, 3.05) is 6.61 Å². The molecular formula is C23H24ClF3N2O4S. The zero-order chi connectivity index (χ0) is 25.4. The van der Waals surface area contributed by atoms with Gasteiger partial charge in [0.15, 0.2) is 0 Å². The van der Waals surface area contributed by atoms with Crippen LogP contribution < -0.4 is 4.72 Å². The minimum absolute atomic E-state index is 0.0163. The molecule has 0 spiro atoms. The predicted octanol–water partition coefficient (Wildman–Crippen LogP) is 5.31. The fourth-order valence-corrected chi connectivity index (χ4v) is 5.89. The Morgan fingerprint density at radius 3 is 2.29 bits per heavy atom. The highest BCUT2D eigenvalue weighted by atomic mass is 35.5. The quantitative estimate of drug-likeness (QED) is 0.432. The first kappa shape index (κ1) is 26.1. The fourth-order valence-electron chi connectivity index (χ4n) is 4.04. The van der Waals surface area contributed by atoms with Crippen molar-refractivity contribution in [2.45, 2.75) is 51.4 Å². The number of carbonyl (C=O) groups is 1. The summed E-state index contributed by atoms with van der Waals surface area (Å²) >= 11 is 6.00. The standard InChI is InChI=1S/C23H24ClF3N2O4S/c1-5-33-22(30)19-11-16-10-17(24)6-7-18(16)29(19)12-20(23(25,26)27)28-34(31,32)21-14(3)8-13(2)9-15(21)4/h6-11,20,28H,5,12H2,1-4H3. The molecule has 34 heavy (non-hydrogen) atoms. The number of sulfonamides is 1. The van der Waals surface area contributed by atoms with Gasteiger partial charge in [-0.1, -0.05) is 29.3 Å². The third-order valence-electron chi connectivity index (χ3n) is 5.28. The van der Waals surface area contributed by atoms with Gasteiger partial charge in [0.25, 0.3) is 0 Å². The molecule has 0 bridgehead atoms. The second-order valence-electron chi connectivity index (χ2n) is 8.01. The molecule has 0 aliphatic carbocycles. The number of aromatic nitrogens is 1. The molecule has 0 aliphatic rings. The summed E-state index contributed by atoms with van der Waals surface area (Å²) in [4.78, 5) is 12.3. The van der Waals surface area contributed by atoms with Crippen molar-refractivity contribution in [3.8, 4) is 0 Å². The molecule has 0 fully saturated rings. The summed E-state index contributed by atoms with van der Waals surface area (Å²) in [5, 5.41) is 0.753. The lowest BCUT2D eigenvalue weighted by Crippen LogP contribution is -2.48. The molecule has 1 atom stereocenters. The number of rotatable bonds is 7. The number of ether oxygens (including phenoxy) is 1. The fraction of sp³-hybridized carbons (Fsp3) is 0.348. The van der Waals surface area contributed by atoms with Gasteiger partial charge >= 0.3 is 12.1 Å². The summed E-state index contributed by atoms with van der Waals surface area (Å²) in [5.74, 6) is -0.830. The van der Waals surface area contributed by atoms with E-state index in [0.717, 1.165) is 10.1 Å². The number of fused-ring (bicyclic) bond motifs is 1. The first-order chi connectivity index (χ1) is 15.7. The van der Waals surface area contributed by atoms with E-state index in [1.54, 1.807) is 26.0 Å². The number of nitrogens with zero attached hydrogens (tertiary/aromatic N) is 1. The van der Waals surface area contributed by atoms with E-state index in [2.05, 4.69) is 0 Å². The van der Waals surface area contributed by atoms with E-state index in [0.29, 0.717) is 21.5 Å². The minimum Gasteiger partial charge on any atom is -0.461 e. The van der Waals surface area contributed by atoms with Crippen LogP contribution in [0, 0.1) is 20.8 Å². The van der Waals surface area contributed by atoms with Gasteiger partial charge in [0.05, 0.1) is 11.5 Å². The van der Waals surface area contributed by atoms with Crippen LogP contribution in [0.2, 0.25) is 5.02 Å². The van der Waals surface area contributed by atoms with Crippen LogP contribution in [0.25, 0.3) is 10.9 Å². The van der Waals surface area contributed by atoms with Gasteiger partial charge in [0, 0.05) is 22.5 Å². The van der Waals surface area contributed by atoms with E-state index in [-0.39, 0.29) is 22.7 Å². The van der Waals surface area contributed by atoms with Gasteiger partial charge in [-0.3, -0.25) is 0 Å². The van der Waals surface area contributed by atoms with Crippen LogP contribution in [0.1, 0.15) is 34.1 Å². The van der Waals surface area contributed by atoms with Gasteiger partial charge < -0.3 is 9.30 Å². The molecule has 1 unspecified atom stereocenters. The summed E-state index contributed by atoms with van der Waals surface area (Å²) < 4.78 is 76.3. The number of benzene rings is 2. The lowest BCUT2D eigenvalue weighted by atomic mass is 10.1. The Labute approximate surface area is 200 Å². The third kappa shape index (κ3) is 5.39. The summed E-state index contributed by atoms with van der Waals surface area (Å²) in [5.41, 5.74) is 1.59. The highest BCUT2D eigenvalue weighted by Gasteiger charge is 2.43. The van der Waals surface area contributed by atoms with Crippen LogP contribution >= 0.6 is 11.6 Å². The lowest BCUT2D eigenvalue weighted by Gasteiger charge is -2.24. The topological polar surface area (TPSA) is 77.4 Å². The van der Waals surface area contributed by atoms with E-state index in [4.69, 9.17) is 16.3 Å². The van der Waals surface area contributed by atoms with Crippen molar-refractivity contribution in [3.05, 3.63) is 63.8 Å². The zero-order valence-electron chi connectivity index (χ0n) is 19.0. The van der Waals surface area contributed by atoms with Gasteiger partial charge in [-0.25, -0.2) is 13.2 Å². The van der Waals surface area contributed by atoms with Crippen molar-refractivity contribution in [3.63, 3.8) is 0 Å². The van der Waals surface area contributed by atoms with Crippen LogP contribution in [-0.4, -0.2) is 37.8 Å². The number of aryl methyl sites for hydroxylation is 3. The average molecular weight is 517 g/mol. The third-order valence-corrected chi connectivity index (χ3v) is 7.29. The molecule has 11 heteroatoms. The smallest absolute Gasteiger partial charge is 0.406 e. The minimum atomic E-state index is -4.95. The second kappa shape index (κ2) is 9.59. The number of hydrogen-bond donors (Lipinski definition) is 1. The lowest BCUT2D eigenvalue weighted by molar-refractivity contribution is -0.154. The summed E-state index contributed by atoms with van der Waals surface area (Å²) in [6, 6.07) is 6.48. The molecule has 0 radical (unpaired) electrons. The van der Waals surface area contributed by atoms with Gasteiger partial charge in [-0.05, 0) is 63.1 Å². The molecule has 2 aromatic carbocycles. The molecular weight excluding hydrogens is 493 g/mol. The molecule has 0 saturated heterocycles. The van der Waals surface area contributed by atoms with E-state index >= 15 is 0 Å². The SMILES string of the molecule is CCOC(=O)c1cc2cc(Cl)ccc2n1CC(NS(=O)(=O)c1c(C)cc(C)cc1C)C(F)(F)F. The van der Waals surface area contributed by atoms with Crippen molar-refractivity contribution >= 4 is 38.5 Å². The van der Waals surface area contributed by atoms with Crippen molar-refractivity contribution in [2.24, 2.45) is 0 Å². The number of alkyl halides is 3. The number of hydrogen-bond acceptors (Lipinski definition) is 4. The summed E-state index contributed by atoms with van der Waals surface area (Å²) in [6.07, 6.45) is -4.95. The van der Waals surface area contributed by atoms with Gasteiger partial charge in [0.1, 0.15) is 11.7 Å². The Morgan fingerprint density at radius 2 is 1.74 bits per heavy atom. The first-order valence-corrected chi connectivity index (χ1v) is 12.2. The highest BCUT2D eigenvalue weighted by molar-refractivity contribution is 7.89. The van der Waals surface area contributed by atoms with Gasteiger partial charge in [0.2, 0.25) is 10.0 Å². The maximum Gasteiger partial charge on any atom is 0.406 e. The van der Waals surface area contributed by atoms with Crippen LogP contribution in [-0.2, 0) is 21.3 Å². The Morgan fingerprint density at radius 1 is 1.12 bits per heavy atom. The number of nitrogens with one attached hydrogen (secondary N) is 1. The normalized spacial score (nSPS) is 13.3. The van der Waals surface area contributed by atoms with Crippen LogP contribution in [0.4, 0.5) is 13.2 Å². The Bertz CT molecular complexity index is 1330. The highest BCUT2D eigenvalue weighted by Crippen LogP contribution is 2.30. The predicted molar refractivity (Wildman–Crippen MR) is 124 cm³/mol. The number of carbonyl (C=O) groups excluding carboxylic acids is 1. The Balaban J connectivity index is 2.10. The van der Waals surface area contributed by atoms with E-state index in [1.807, 2.05) is 4.72 Å². The molecule has 0 aliphatic heterocycles. The van der Waals surface area contributed by atoms with Crippen LogP contribution in [0.5, 0.6) is 0 Å². The largest absolute Gasteiger partial charge is 0.461 e. The van der Waals surface area contributed by atoms with E-state index in [1.165, 1.54) is 38.1 Å². The number of halogens is 4. The molecule has 3 rings (SSSR count). The first-order valence-electron chi connectivity index (χ1n) is 10.4. The van der Waals surface area contributed by atoms with Gasteiger partial charge in [-0.15, -0.1) is 0 Å². The van der Waals surface area contributed by atoms with Crippen molar-refractivity contribution in [1.82, 2.24) is 9.29 Å². The van der Waals surface area contributed by atoms with Crippen molar-refractivity contribution < 1.29 is 31.1 Å². The molecule has 1 N–H and O–H groups in total. The molecule has 3 aromatic rings. The average Bonchev–Trinajstić information content (AvgIpc) is 3.03. The van der Waals surface area contributed by atoms with Crippen LogP contribution in [0.3, 0.4) is 0 Å². The Hall–Kier alpha value is -2.56. The zero-order valence-corrected chi connectivity index (χ0v) is 20.5. The molecule has 1 aromatic heterocycles. The number of esters is 1. The Kier molecular flexibility index (Phi) is 7.35. The molecule has 0 amide bonds. The maximum atomic E-state index is 14.1. The van der Waals surface area contributed by atoms with E-state index < -0.39 is 34.8 Å². The monoisotopic (exact) mass is 516 g/mol.